The van der Waals surface area contributed by atoms with Crippen molar-refractivity contribution in [1.29, 1.82) is 0 Å². The largest absolute Gasteiger partial charge is 0.360 e. The summed E-state index contributed by atoms with van der Waals surface area (Å²) in [5.74, 6) is 0.668. The Morgan fingerprint density at radius 1 is 1.17 bits per heavy atom. The molecule has 0 saturated heterocycles. The van der Waals surface area contributed by atoms with Crippen molar-refractivity contribution in [3.63, 3.8) is 0 Å². The summed E-state index contributed by atoms with van der Waals surface area (Å²) in [7, 11) is 0. The van der Waals surface area contributed by atoms with Crippen molar-refractivity contribution in [2.24, 2.45) is 11.3 Å². The predicted molar refractivity (Wildman–Crippen MR) is 104 cm³/mol. The number of carbonyl (C=O) groups is 1. The molecule has 24 heavy (non-hydrogen) atoms. The lowest BCUT2D eigenvalue weighted by Gasteiger charge is -2.37. The first-order valence-corrected chi connectivity index (χ1v) is 9.37. The molecule has 132 valence electrons. The van der Waals surface area contributed by atoms with Crippen LogP contribution in [0.1, 0.15) is 52.0 Å². The topological polar surface area (TPSA) is 41.1 Å². The molecule has 2 rings (SSSR count). The first-order chi connectivity index (χ1) is 11.2. The van der Waals surface area contributed by atoms with E-state index in [1.807, 2.05) is 12.1 Å². The number of thiocarbonyl (C=S) groups is 1. The van der Waals surface area contributed by atoms with Gasteiger partial charge in [0.1, 0.15) is 0 Å². The molecular weight excluding hydrogens is 340 g/mol. The second-order valence-corrected chi connectivity index (χ2v) is 8.58. The van der Waals surface area contributed by atoms with Crippen LogP contribution in [0.3, 0.4) is 0 Å². The molecule has 0 radical (unpaired) electrons. The standard InChI is InChI=1S/C19H27ClN2OS/c1-19(2,3)14-6-10-16(11-7-14)21-18(24)22-17(23)12-13-4-8-15(20)9-5-13/h4-5,8-9,14,16H,6-7,10-12H2,1-3H3,(H2,21,22,23,24). The fraction of sp³-hybridized carbons (Fsp3) is 0.579. The quantitative estimate of drug-likeness (QED) is 0.775. The van der Waals surface area contributed by atoms with Crippen molar-refractivity contribution in [2.75, 3.05) is 0 Å². The Balaban J connectivity index is 1.73. The van der Waals surface area contributed by atoms with Crippen LogP contribution >= 0.6 is 23.8 Å². The fourth-order valence-corrected chi connectivity index (χ4v) is 3.69. The Morgan fingerprint density at radius 2 is 1.75 bits per heavy atom. The summed E-state index contributed by atoms with van der Waals surface area (Å²) in [6.45, 7) is 6.94. The van der Waals surface area contributed by atoms with Gasteiger partial charge in [-0.1, -0.05) is 44.5 Å². The third-order valence-corrected chi connectivity index (χ3v) is 5.29. The Hall–Kier alpha value is -1.13. The van der Waals surface area contributed by atoms with Crippen molar-refractivity contribution < 1.29 is 4.79 Å². The van der Waals surface area contributed by atoms with Crippen LogP contribution in [0, 0.1) is 11.3 Å². The molecule has 2 N–H and O–H groups in total. The van der Waals surface area contributed by atoms with Crippen molar-refractivity contribution in [1.82, 2.24) is 10.6 Å². The van der Waals surface area contributed by atoms with Crippen LogP contribution in [-0.4, -0.2) is 17.1 Å². The monoisotopic (exact) mass is 366 g/mol. The van der Waals surface area contributed by atoms with E-state index in [0.717, 1.165) is 24.3 Å². The van der Waals surface area contributed by atoms with Crippen molar-refractivity contribution in [2.45, 2.75) is 58.9 Å². The number of benzene rings is 1. The highest BCUT2D eigenvalue weighted by Gasteiger charge is 2.29. The number of hydrogen-bond donors (Lipinski definition) is 2. The molecule has 5 heteroatoms. The molecule has 1 saturated carbocycles. The Morgan fingerprint density at radius 3 is 2.29 bits per heavy atom. The molecule has 0 heterocycles. The van der Waals surface area contributed by atoms with Gasteiger partial charge in [-0.3, -0.25) is 4.79 Å². The van der Waals surface area contributed by atoms with E-state index in [0.29, 0.717) is 28.0 Å². The maximum Gasteiger partial charge on any atom is 0.230 e. The van der Waals surface area contributed by atoms with Gasteiger partial charge in [-0.05, 0) is 66.9 Å². The van der Waals surface area contributed by atoms with E-state index in [1.165, 1.54) is 12.8 Å². The average Bonchev–Trinajstić information content (AvgIpc) is 2.49. The minimum Gasteiger partial charge on any atom is -0.360 e. The summed E-state index contributed by atoms with van der Waals surface area (Å²) in [5, 5.41) is 7.18. The summed E-state index contributed by atoms with van der Waals surface area (Å²) in [6.07, 6.45) is 4.94. The highest BCUT2D eigenvalue weighted by Crippen LogP contribution is 2.37. The molecule has 1 fully saturated rings. The Kier molecular flexibility index (Phi) is 6.64. The molecule has 0 aliphatic heterocycles. The predicted octanol–water partition coefficient (Wildman–Crippen LogP) is 4.48. The number of nitrogens with one attached hydrogen (secondary N) is 2. The number of amides is 1. The second-order valence-electron chi connectivity index (χ2n) is 7.74. The van der Waals surface area contributed by atoms with Gasteiger partial charge in [0.05, 0.1) is 6.42 Å². The van der Waals surface area contributed by atoms with E-state index in [1.54, 1.807) is 12.1 Å². The van der Waals surface area contributed by atoms with Crippen LogP contribution in [0.15, 0.2) is 24.3 Å². The van der Waals surface area contributed by atoms with Crippen LogP contribution in [0.25, 0.3) is 0 Å². The van der Waals surface area contributed by atoms with E-state index in [2.05, 4.69) is 31.4 Å². The van der Waals surface area contributed by atoms with Crippen LogP contribution in [-0.2, 0) is 11.2 Å². The van der Waals surface area contributed by atoms with Crippen molar-refractivity contribution >= 4 is 34.8 Å². The van der Waals surface area contributed by atoms with Gasteiger partial charge < -0.3 is 10.6 Å². The molecule has 3 nitrogen and oxygen atoms in total. The van der Waals surface area contributed by atoms with Gasteiger partial charge in [0.15, 0.2) is 5.11 Å². The first-order valence-electron chi connectivity index (χ1n) is 8.59. The minimum atomic E-state index is -0.0989. The highest BCUT2D eigenvalue weighted by atomic mass is 35.5. The average molecular weight is 367 g/mol. The zero-order valence-electron chi connectivity index (χ0n) is 14.7. The molecule has 0 unspecified atom stereocenters. The van der Waals surface area contributed by atoms with Gasteiger partial charge in [-0.2, -0.15) is 0 Å². The molecule has 1 aliphatic carbocycles. The van der Waals surface area contributed by atoms with Crippen LogP contribution in [0.5, 0.6) is 0 Å². The lowest BCUT2D eigenvalue weighted by molar-refractivity contribution is -0.119. The maximum atomic E-state index is 12.1. The normalized spacial score (nSPS) is 21.2. The van der Waals surface area contributed by atoms with Gasteiger partial charge >= 0.3 is 0 Å². The number of hydrogen-bond acceptors (Lipinski definition) is 2. The van der Waals surface area contributed by atoms with Crippen LogP contribution in [0.4, 0.5) is 0 Å². The zero-order chi connectivity index (χ0) is 17.7. The van der Waals surface area contributed by atoms with Crippen LogP contribution < -0.4 is 10.6 Å². The summed E-state index contributed by atoms with van der Waals surface area (Å²) in [6, 6.07) is 7.65. The summed E-state index contributed by atoms with van der Waals surface area (Å²) >= 11 is 11.1. The molecule has 1 aromatic rings. The van der Waals surface area contributed by atoms with Gasteiger partial charge in [0.2, 0.25) is 5.91 Å². The van der Waals surface area contributed by atoms with Crippen molar-refractivity contribution in [3.05, 3.63) is 34.9 Å². The smallest absolute Gasteiger partial charge is 0.230 e. The SMILES string of the molecule is CC(C)(C)C1CCC(NC(=S)NC(=O)Cc2ccc(Cl)cc2)CC1. The lowest BCUT2D eigenvalue weighted by Crippen LogP contribution is -2.46. The lowest BCUT2D eigenvalue weighted by atomic mass is 9.71. The molecule has 1 amide bonds. The Labute approximate surface area is 155 Å². The van der Waals surface area contributed by atoms with Gasteiger partial charge in [-0.25, -0.2) is 0 Å². The molecule has 1 aromatic carbocycles. The zero-order valence-corrected chi connectivity index (χ0v) is 16.3. The first kappa shape index (κ1) is 19.2. The Bertz CT molecular complexity index is 572. The summed E-state index contributed by atoms with van der Waals surface area (Å²) in [4.78, 5) is 12.1. The number of halogens is 1. The highest BCUT2D eigenvalue weighted by molar-refractivity contribution is 7.80. The third kappa shape index (κ3) is 6.06. The van der Waals surface area contributed by atoms with Gasteiger partial charge in [0.25, 0.3) is 0 Å². The van der Waals surface area contributed by atoms with E-state index in [9.17, 15) is 4.79 Å². The molecule has 1 aliphatic rings. The third-order valence-electron chi connectivity index (χ3n) is 4.82. The fourth-order valence-electron chi connectivity index (χ4n) is 3.28. The van der Waals surface area contributed by atoms with E-state index >= 15 is 0 Å². The van der Waals surface area contributed by atoms with Gasteiger partial charge in [-0.15, -0.1) is 0 Å². The minimum absolute atomic E-state index is 0.0989. The van der Waals surface area contributed by atoms with Crippen molar-refractivity contribution in [3.8, 4) is 0 Å². The van der Waals surface area contributed by atoms with E-state index < -0.39 is 0 Å². The molecule has 0 spiro atoms. The maximum absolute atomic E-state index is 12.1. The van der Waals surface area contributed by atoms with Gasteiger partial charge in [0, 0.05) is 11.1 Å². The van der Waals surface area contributed by atoms with E-state index in [-0.39, 0.29) is 5.91 Å². The summed E-state index contributed by atoms with van der Waals surface area (Å²) < 4.78 is 0. The second kappa shape index (κ2) is 8.30. The number of carbonyl (C=O) groups excluding carboxylic acids is 1. The molecule has 0 bridgehead atoms. The molecular formula is C19H27ClN2OS. The van der Waals surface area contributed by atoms with Crippen LogP contribution in [0.2, 0.25) is 5.02 Å². The number of rotatable bonds is 3. The molecule has 0 aromatic heterocycles. The van der Waals surface area contributed by atoms with E-state index in [4.69, 9.17) is 23.8 Å². The summed E-state index contributed by atoms with van der Waals surface area (Å²) in [5.41, 5.74) is 1.29. The molecule has 0 atom stereocenters.